The van der Waals surface area contributed by atoms with Gasteiger partial charge in [0.15, 0.2) is 11.4 Å². The highest BCUT2D eigenvalue weighted by Gasteiger charge is 2.73. The number of ether oxygens (including phenoxy) is 2. The minimum Gasteiger partial charge on any atom is -0.454 e. The van der Waals surface area contributed by atoms with Gasteiger partial charge < -0.3 is 24.8 Å². The number of aliphatic hydroxyl groups excluding tert-OH is 2. The van der Waals surface area contributed by atoms with Gasteiger partial charge in [-0.15, -0.1) is 0 Å². The summed E-state index contributed by atoms with van der Waals surface area (Å²) >= 11 is 0. The molecule has 4 rings (SSSR count). The zero-order valence-corrected chi connectivity index (χ0v) is 17.8. The molecule has 2 unspecified atom stereocenters. The van der Waals surface area contributed by atoms with Gasteiger partial charge in [-0.25, -0.2) is 0 Å². The van der Waals surface area contributed by atoms with E-state index in [1.165, 1.54) is 6.92 Å². The molecule has 2 saturated carbocycles. The topological polar surface area (TPSA) is 113 Å². The van der Waals surface area contributed by atoms with Crippen LogP contribution in [-0.2, 0) is 19.1 Å². The van der Waals surface area contributed by atoms with E-state index in [9.17, 15) is 24.9 Å². The number of Topliss-reactive ketones (excluding diaryl/α,β-unsaturated/α-hetero) is 1. The molecule has 3 N–H and O–H groups in total. The molecule has 7 heteroatoms. The zero-order chi connectivity index (χ0) is 21.6. The molecule has 1 saturated heterocycles. The number of hydrogen-bond donors (Lipinski definition) is 3. The van der Waals surface area contributed by atoms with Crippen LogP contribution in [0.5, 0.6) is 0 Å². The minimum absolute atomic E-state index is 0.117. The minimum atomic E-state index is -1.42. The van der Waals surface area contributed by atoms with E-state index < -0.39 is 58.0 Å². The molecule has 29 heavy (non-hydrogen) atoms. The number of hydrogen-bond acceptors (Lipinski definition) is 7. The summed E-state index contributed by atoms with van der Waals surface area (Å²) in [5.74, 6) is -1.63. The van der Waals surface area contributed by atoms with Crippen molar-refractivity contribution in [2.75, 3.05) is 6.61 Å². The predicted molar refractivity (Wildman–Crippen MR) is 103 cm³/mol. The Morgan fingerprint density at radius 3 is 2.45 bits per heavy atom. The van der Waals surface area contributed by atoms with E-state index in [1.807, 2.05) is 20.8 Å². The second kappa shape index (κ2) is 6.13. The van der Waals surface area contributed by atoms with Gasteiger partial charge in [0, 0.05) is 24.7 Å². The van der Waals surface area contributed by atoms with Crippen molar-refractivity contribution in [3.8, 4) is 0 Å². The van der Waals surface area contributed by atoms with Crippen LogP contribution in [0.15, 0.2) is 11.1 Å². The van der Waals surface area contributed by atoms with Crippen LogP contribution in [0, 0.1) is 16.7 Å². The first-order chi connectivity index (χ1) is 13.3. The molecule has 0 radical (unpaired) electrons. The Kier molecular flexibility index (Phi) is 4.43. The maximum atomic E-state index is 13.7. The fraction of sp³-hybridized carbons (Fsp3) is 0.818. The van der Waals surface area contributed by atoms with Crippen LogP contribution < -0.4 is 0 Å². The van der Waals surface area contributed by atoms with E-state index in [2.05, 4.69) is 0 Å². The number of carbonyl (C=O) groups is 2. The predicted octanol–water partition coefficient (Wildman–Crippen LogP) is 1.28. The Morgan fingerprint density at radius 2 is 1.90 bits per heavy atom. The summed E-state index contributed by atoms with van der Waals surface area (Å²) in [6.07, 6.45) is -1.67. The van der Waals surface area contributed by atoms with Crippen LogP contribution in [0.4, 0.5) is 0 Å². The maximum absolute atomic E-state index is 13.7. The van der Waals surface area contributed by atoms with Crippen molar-refractivity contribution < 1.29 is 34.4 Å². The monoisotopic (exact) mass is 408 g/mol. The van der Waals surface area contributed by atoms with E-state index in [0.717, 1.165) is 5.57 Å². The molecule has 2 bridgehead atoms. The molecule has 1 aliphatic heterocycles. The first kappa shape index (κ1) is 21.0. The van der Waals surface area contributed by atoms with Crippen LogP contribution in [0.1, 0.15) is 60.3 Å². The van der Waals surface area contributed by atoms with E-state index in [0.29, 0.717) is 18.4 Å². The SMILES string of the molecule is CC(=O)O[C@@]12COC1C[C@H](O)[C@@]1(C)C(=O)[C@H](O)C3=C(C)CC[C@@](O)(CC21)C3(C)C. The molecule has 0 amide bonds. The maximum Gasteiger partial charge on any atom is 0.303 e. The van der Waals surface area contributed by atoms with Crippen molar-refractivity contribution in [1.29, 1.82) is 0 Å². The summed E-state index contributed by atoms with van der Waals surface area (Å²) in [6.45, 7) is 8.68. The number of esters is 1. The van der Waals surface area contributed by atoms with Gasteiger partial charge >= 0.3 is 5.97 Å². The summed E-state index contributed by atoms with van der Waals surface area (Å²) in [5, 5.41) is 34.1. The quantitative estimate of drug-likeness (QED) is 0.442. The van der Waals surface area contributed by atoms with Gasteiger partial charge in [0.1, 0.15) is 12.2 Å². The first-order valence-electron chi connectivity index (χ1n) is 10.5. The normalized spacial score (nSPS) is 48.6. The van der Waals surface area contributed by atoms with E-state index in [-0.39, 0.29) is 19.4 Å². The third-order valence-corrected chi connectivity index (χ3v) is 8.64. The summed E-state index contributed by atoms with van der Waals surface area (Å²) in [5.41, 5.74) is -3.06. The molecule has 3 aliphatic carbocycles. The fourth-order valence-electron chi connectivity index (χ4n) is 6.62. The fourth-order valence-corrected chi connectivity index (χ4v) is 6.62. The number of carbonyl (C=O) groups excluding carboxylic acids is 2. The third kappa shape index (κ3) is 2.44. The lowest BCUT2D eigenvalue weighted by atomic mass is 9.46. The Bertz CT molecular complexity index is 801. The molecule has 0 aromatic rings. The summed E-state index contributed by atoms with van der Waals surface area (Å²) in [7, 11) is 0. The van der Waals surface area contributed by atoms with Gasteiger partial charge in [-0.05, 0) is 38.7 Å². The molecular formula is C22H32O7. The second-order valence-corrected chi connectivity index (χ2v) is 10.3. The molecular weight excluding hydrogens is 376 g/mol. The number of ketones is 1. The van der Waals surface area contributed by atoms with Gasteiger partial charge in [0.25, 0.3) is 0 Å². The Hall–Kier alpha value is -1.28. The average Bonchev–Trinajstić information content (AvgIpc) is 2.61. The molecule has 4 aliphatic rings. The Balaban J connectivity index is 1.94. The number of aliphatic hydroxyl groups is 3. The van der Waals surface area contributed by atoms with Gasteiger partial charge in [-0.3, -0.25) is 9.59 Å². The van der Waals surface area contributed by atoms with E-state index in [1.54, 1.807) is 6.92 Å². The molecule has 7 atom stereocenters. The van der Waals surface area contributed by atoms with Crippen molar-refractivity contribution in [2.24, 2.45) is 16.7 Å². The number of rotatable bonds is 1. The highest BCUT2D eigenvalue weighted by molar-refractivity contribution is 5.93. The van der Waals surface area contributed by atoms with Gasteiger partial charge in [-0.2, -0.15) is 0 Å². The molecule has 1 heterocycles. The average molecular weight is 408 g/mol. The lowest BCUT2D eigenvalue weighted by molar-refractivity contribution is -0.327. The molecule has 0 aromatic heterocycles. The van der Waals surface area contributed by atoms with Crippen LogP contribution in [0.2, 0.25) is 0 Å². The van der Waals surface area contributed by atoms with E-state index >= 15 is 0 Å². The number of fused-ring (bicyclic) bond motifs is 5. The molecule has 7 nitrogen and oxygen atoms in total. The van der Waals surface area contributed by atoms with Crippen molar-refractivity contribution in [3.05, 3.63) is 11.1 Å². The highest BCUT2D eigenvalue weighted by Crippen LogP contribution is 2.62. The van der Waals surface area contributed by atoms with Crippen molar-refractivity contribution in [3.63, 3.8) is 0 Å². The van der Waals surface area contributed by atoms with Gasteiger partial charge in [0.05, 0.1) is 23.7 Å². The molecule has 162 valence electrons. The Morgan fingerprint density at radius 1 is 1.24 bits per heavy atom. The highest BCUT2D eigenvalue weighted by atomic mass is 16.6. The summed E-state index contributed by atoms with van der Waals surface area (Å²) < 4.78 is 11.4. The standard InChI is InChI=1S/C22H32O7/c1-11-6-7-21(27)9-13-20(5,18(26)17(25)16(11)19(21,3)4)14(24)8-15-22(13,10-28-15)29-12(2)23/h13-15,17,24-25,27H,6-10H2,1-5H3/t13?,14-,15?,17+,20-,21+,22+/m0/s1. The summed E-state index contributed by atoms with van der Waals surface area (Å²) in [6, 6.07) is 0. The van der Waals surface area contributed by atoms with Crippen LogP contribution in [-0.4, -0.2) is 63.2 Å². The lowest BCUT2D eigenvalue weighted by Gasteiger charge is -2.65. The molecule has 0 spiro atoms. The molecule has 0 aromatic carbocycles. The zero-order valence-electron chi connectivity index (χ0n) is 17.8. The van der Waals surface area contributed by atoms with Crippen molar-refractivity contribution in [2.45, 2.75) is 89.8 Å². The van der Waals surface area contributed by atoms with Crippen LogP contribution in [0.25, 0.3) is 0 Å². The second-order valence-electron chi connectivity index (χ2n) is 10.3. The van der Waals surface area contributed by atoms with Crippen LogP contribution in [0.3, 0.4) is 0 Å². The lowest BCUT2D eigenvalue weighted by Crippen LogP contribution is -2.77. The summed E-state index contributed by atoms with van der Waals surface area (Å²) in [4.78, 5) is 25.7. The van der Waals surface area contributed by atoms with Crippen molar-refractivity contribution in [1.82, 2.24) is 0 Å². The smallest absolute Gasteiger partial charge is 0.303 e. The van der Waals surface area contributed by atoms with Gasteiger partial charge in [-0.1, -0.05) is 19.4 Å². The Labute approximate surface area is 171 Å². The number of allylic oxidation sites excluding steroid dienone is 1. The molecule has 3 fully saturated rings. The third-order valence-electron chi connectivity index (χ3n) is 8.64. The van der Waals surface area contributed by atoms with E-state index in [4.69, 9.17) is 9.47 Å². The van der Waals surface area contributed by atoms with Crippen LogP contribution >= 0.6 is 0 Å². The first-order valence-corrected chi connectivity index (χ1v) is 10.5. The van der Waals surface area contributed by atoms with Gasteiger partial charge in [0.2, 0.25) is 0 Å². The van der Waals surface area contributed by atoms with Crippen molar-refractivity contribution >= 4 is 11.8 Å². The largest absolute Gasteiger partial charge is 0.454 e.